The number of carboxylic acid groups (broad SMARTS) is 1. The predicted octanol–water partition coefficient (Wildman–Crippen LogP) is 5.62. The summed E-state index contributed by atoms with van der Waals surface area (Å²) < 4.78 is 11.5. The Bertz CT molecular complexity index is 1130. The second kappa shape index (κ2) is 13.5. The largest absolute Gasteiger partial charge is 0.493 e. The van der Waals surface area contributed by atoms with Crippen LogP contribution in [0.25, 0.3) is 0 Å². The number of carbonyl (C=O) groups is 2. The van der Waals surface area contributed by atoms with Crippen LogP contribution in [-0.4, -0.2) is 48.7 Å². The van der Waals surface area contributed by atoms with Crippen LogP contribution in [0.4, 0.5) is 0 Å². The molecule has 1 unspecified atom stereocenters. The summed E-state index contributed by atoms with van der Waals surface area (Å²) in [6.07, 6.45) is 1.83. The minimum atomic E-state index is -0.900. The molecule has 0 aliphatic rings. The maximum atomic E-state index is 12.5. The summed E-state index contributed by atoms with van der Waals surface area (Å²) in [4.78, 5) is 25.4. The number of likely N-dealkylation sites (N-methyl/N-ethyl adjacent to an activating group) is 1. The first-order valence-corrected chi connectivity index (χ1v) is 12.4. The quantitative estimate of drug-likeness (QED) is 0.303. The number of halogens is 1. The van der Waals surface area contributed by atoms with Crippen LogP contribution in [0, 0.1) is 0 Å². The van der Waals surface area contributed by atoms with Crippen molar-refractivity contribution in [2.75, 3.05) is 26.8 Å². The number of hydrogen-bond acceptors (Lipinski definition) is 4. The third-order valence-corrected chi connectivity index (χ3v) is 6.22. The molecule has 3 aromatic carbocycles. The number of carboxylic acids is 1. The molecule has 1 N–H and O–H groups in total. The Hall–Kier alpha value is -3.51. The molecule has 0 aliphatic heterocycles. The van der Waals surface area contributed by atoms with Gasteiger partial charge >= 0.3 is 5.97 Å². The molecule has 0 aromatic heterocycles. The van der Waals surface area contributed by atoms with E-state index < -0.39 is 11.9 Å². The Kier molecular flexibility index (Phi) is 10.2. The van der Waals surface area contributed by atoms with Gasteiger partial charge in [0.25, 0.3) is 0 Å². The Morgan fingerprint density at radius 2 is 1.64 bits per heavy atom. The summed E-state index contributed by atoms with van der Waals surface area (Å²) >= 11 is 6.23. The molecular formula is C29H32ClNO5. The summed E-state index contributed by atoms with van der Waals surface area (Å²) in [6.45, 7) is 3.17. The van der Waals surface area contributed by atoms with Gasteiger partial charge in [0, 0.05) is 20.0 Å². The molecule has 0 saturated carbocycles. The fraction of sp³-hybridized carbons (Fsp3) is 0.310. The van der Waals surface area contributed by atoms with E-state index in [0.29, 0.717) is 48.9 Å². The van der Waals surface area contributed by atoms with Crippen LogP contribution in [0.2, 0.25) is 5.02 Å². The molecule has 0 heterocycles. The number of rotatable bonds is 13. The molecule has 0 bridgehead atoms. The van der Waals surface area contributed by atoms with Crippen LogP contribution in [-0.2, 0) is 22.4 Å². The molecular weight excluding hydrogens is 478 g/mol. The first-order chi connectivity index (χ1) is 17.3. The minimum Gasteiger partial charge on any atom is -0.493 e. The van der Waals surface area contributed by atoms with Crippen molar-refractivity contribution >= 4 is 23.5 Å². The fourth-order valence-corrected chi connectivity index (χ4v) is 3.80. The lowest BCUT2D eigenvalue weighted by Gasteiger charge is -2.17. The lowest BCUT2D eigenvalue weighted by atomic mass is 10.0. The normalized spacial score (nSPS) is 11.5. The zero-order chi connectivity index (χ0) is 25.9. The molecule has 7 heteroatoms. The van der Waals surface area contributed by atoms with E-state index in [2.05, 4.69) is 12.1 Å². The summed E-state index contributed by atoms with van der Waals surface area (Å²) in [5.41, 5.74) is 2.79. The van der Waals surface area contributed by atoms with E-state index in [1.807, 2.05) is 49.5 Å². The van der Waals surface area contributed by atoms with Gasteiger partial charge in [-0.3, -0.25) is 9.59 Å². The molecule has 0 aliphatic carbocycles. The Morgan fingerprint density at radius 1 is 0.944 bits per heavy atom. The SMILES string of the molecule is CC(C(=O)O)c1ccc(OCCCOc2ccc(CC(=O)N(C)CCc3ccccc3)cc2)c(Cl)c1. The highest BCUT2D eigenvalue weighted by Crippen LogP contribution is 2.29. The average molecular weight is 510 g/mol. The van der Waals surface area contributed by atoms with Gasteiger partial charge in [-0.25, -0.2) is 0 Å². The molecule has 0 radical (unpaired) electrons. The van der Waals surface area contributed by atoms with Gasteiger partial charge in [0.2, 0.25) is 5.91 Å². The summed E-state index contributed by atoms with van der Waals surface area (Å²) in [6, 6.07) is 22.7. The van der Waals surface area contributed by atoms with Crippen molar-refractivity contribution in [2.45, 2.75) is 32.1 Å². The number of carbonyl (C=O) groups excluding carboxylic acids is 1. The second-order valence-electron chi connectivity index (χ2n) is 8.67. The average Bonchev–Trinajstić information content (AvgIpc) is 2.88. The number of nitrogens with zero attached hydrogens (tertiary/aromatic N) is 1. The van der Waals surface area contributed by atoms with E-state index in [4.69, 9.17) is 26.2 Å². The fourth-order valence-electron chi connectivity index (χ4n) is 3.56. The highest BCUT2D eigenvalue weighted by molar-refractivity contribution is 6.32. The van der Waals surface area contributed by atoms with Crippen LogP contribution in [0.15, 0.2) is 72.8 Å². The van der Waals surface area contributed by atoms with Crippen LogP contribution in [0.3, 0.4) is 0 Å². The van der Waals surface area contributed by atoms with Crippen molar-refractivity contribution in [3.8, 4) is 11.5 Å². The molecule has 3 aromatic rings. The number of aliphatic carboxylic acids is 1. The predicted molar refractivity (Wildman–Crippen MR) is 141 cm³/mol. The van der Waals surface area contributed by atoms with Crippen LogP contribution < -0.4 is 9.47 Å². The van der Waals surface area contributed by atoms with Crippen molar-refractivity contribution in [3.05, 3.63) is 94.5 Å². The van der Waals surface area contributed by atoms with Crippen molar-refractivity contribution < 1.29 is 24.2 Å². The van der Waals surface area contributed by atoms with Gasteiger partial charge in [-0.05, 0) is 54.3 Å². The Morgan fingerprint density at radius 3 is 2.31 bits per heavy atom. The lowest BCUT2D eigenvalue weighted by Crippen LogP contribution is -2.30. The smallest absolute Gasteiger partial charge is 0.310 e. The maximum absolute atomic E-state index is 12.5. The van der Waals surface area contributed by atoms with Gasteiger partial charge < -0.3 is 19.5 Å². The molecule has 190 valence electrons. The van der Waals surface area contributed by atoms with Gasteiger partial charge in [-0.1, -0.05) is 60.1 Å². The van der Waals surface area contributed by atoms with Crippen molar-refractivity contribution in [2.24, 2.45) is 0 Å². The van der Waals surface area contributed by atoms with E-state index in [0.717, 1.165) is 17.7 Å². The Balaban J connectivity index is 1.36. The standard InChI is InChI=1S/C29H32ClNO5/c1-21(29(33)34)24-11-14-27(26(30)20-24)36-18-6-17-35-25-12-9-23(10-13-25)19-28(32)31(2)16-15-22-7-4-3-5-8-22/h3-5,7-14,20-21H,6,15-19H2,1-2H3,(H,33,34). The summed E-state index contributed by atoms with van der Waals surface area (Å²) in [7, 11) is 1.84. The monoisotopic (exact) mass is 509 g/mol. The van der Waals surface area contributed by atoms with Gasteiger partial charge in [0.1, 0.15) is 11.5 Å². The highest BCUT2D eigenvalue weighted by Gasteiger charge is 2.15. The topological polar surface area (TPSA) is 76.1 Å². The number of amides is 1. The van der Waals surface area contributed by atoms with Gasteiger partial charge in [0.15, 0.2) is 0 Å². The minimum absolute atomic E-state index is 0.0841. The molecule has 1 amide bonds. The van der Waals surface area contributed by atoms with Crippen molar-refractivity contribution in [1.29, 1.82) is 0 Å². The summed E-state index contributed by atoms with van der Waals surface area (Å²) in [5.74, 6) is -0.201. The zero-order valence-corrected chi connectivity index (χ0v) is 21.4. The molecule has 36 heavy (non-hydrogen) atoms. The molecule has 0 fully saturated rings. The van der Waals surface area contributed by atoms with E-state index >= 15 is 0 Å². The van der Waals surface area contributed by atoms with Crippen LogP contribution in [0.1, 0.15) is 36.0 Å². The van der Waals surface area contributed by atoms with Crippen molar-refractivity contribution in [1.82, 2.24) is 4.90 Å². The molecule has 3 rings (SSSR count). The van der Waals surface area contributed by atoms with Gasteiger partial charge in [-0.15, -0.1) is 0 Å². The summed E-state index contributed by atoms with van der Waals surface area (Å²) in [5, 5.41) is 9.50. The number of ether oxygens (including phenoxy) is 2. The van der Waals surface area contributed by atoms with Crippen molar-refractivity contribution in [3.63, 3.8) is 0 Å². The molecule has 6 nitrogen and oxygen atoms in total. The lowest BCUT2D eigenvalue weighted by molar-refractivity contribution is -0.138. The maximum Gasteiger partial charge on any atom is 0.310 e. The highest BCUT2D eigenvalue weighted by atomic mass is 35.5. The van der Waals surface area contributed by atoms with E-state index in [1.165, 1.54) is 5.56 Å². The van der Waals surface area contributed by atoms with Gasteiger partial charge in [0.05, 0.1) is 30.6 Å². The third kappa shape index (κ3) is 8.31. The van der Waals surface area contributed by atoms with Crippen LogP contribution >= 0.6 is 11.6 Å². The number of hydrogen-bond donors (Lipinski definition) is 1. The zero-order valence-electron chi connectivity index (χ0n) is 20.7. The van der Waals surface area contributed by atoms with Crippen LogP contribution in [0.5, 0.6) is 11.5 Å². The third-order valence-electron chi connectivity index (χ3n) is 5.92. The number of benzene rings is 3. The Labute approximate surface area is 217 Å². The second-order valence-corrected chi connectivity index (χ2v) is 9.08. The van der Waals surface area contributed by atoms with Gasteiger partial charge in [-0.2, -0.15) is 0 Å². The van der Waals surface area contributed by atoms with E-state index in [9.17, 15) is 9.59 Å². The first kappa shape index (κ1) is 27.1. The van der Waals surface area contributed by atoms with E-state index in [1.54, 1.807) is 30.0 Å². The van der Waals surface area contributed by atoms with E-state index in [-0.39, 0.29) is 5.91 Å². The molecule has 1 atom stereocenters. The molecule has 0 spiro atoms. The molecule has 0 saturated heterocycles. The first-order valence-electron chi connectivity index (χ1n) is 12.0.